The van der Waals surface area contributed by atoms with Crippen LogP contribution >= 0.6 is 0 Å². The Balaban J connectivity index is 2.46. The first-order valence-electron chi connectivity index (χ1n) is 6.64. The molecule has 0 aliphatic heterocycles. The second kappa shape index (κ2) is 7.69. The highest BCUT2D eigenvalue weighted by atomic mass is 32.2. The van der Waals surface area contributed by atoms with E-state index in [-0.39, 0.29) is 6.04 Å². The zero-order valence-corrected chi connectivity index (χ0v) is 12.7. The Morgan fingerprint density at radius 1 is 1.44 bits per heavy atom. The monoisotopic (exact) mass is 271 g/mol. The van der Waals surface area contributed by atoms with Crippen LogP contribution < -0.4 is 5.32 Å². The minimum atomic E-state index is -0.747. The van der Waals surface area contributed by atoms with Gasteiger partial charge in [0.05, 0.1) is 11.7 Å². The molecule has 0 spiro atoms. The molecule has 0 radical (unpaired) electrons. The van der Waals surface area contributed by atoms with E-state index in [1.165, 1.54) is 0 Å². The highest BCUT2D eigenvalue weighted by Gasteiger charge is 2.09. The van der Waals surface area contributed by atoms with Gasteiger partial charge in [-0.3, -0.25) is 8.89 Å². The standard InChI is InChI=1S/C13H25N3OS/c1-5-13(6-2)16-8-7-12(15-16)9-14-11(3)10-18(4)17/h7-8,11,13-14H,5-6,9-10H2,1-4H3. The summed E-state index contributed by atoms with van der Waals surface area (Å²) in [4.78, 5) is 0. The van der Waals surface area contributed by atoms with Crippen LogP contribution in [0.4, 0.5) is 0 Å². The summed E-state index contributed by atoms with van der Waals surface area (Å²) in [5.74, 6) is 0.688. The van der Waals surface area contributed by atoms with Gasteiger partial charge >= 0.3 is 0 Å². The molecule has 2 atom stereocenters. The Morgan fingerprint density at radius 3 is 2.67 bits per heavy atom. The molecule has 18 heavy (non-hydrogen) atoms. The molecule has 0 fully saturated rings. The average molecular weight is 271 g/mol. The summed E-state index contributed by atoms with van der Waals surface area (Å²) < 4.78 is 13.1. The van der Waals surface area contributed by atoms with Crippen LogP contribution in [0.25, 0.3) is 0 Å². The van der Waals surface area contributed by atoms with Crippen LogP contribution in [-0.2, 0) is 17.3 Å². The molecule has 104 valence electrons. The normalized spacial score (nSPS) is 14.9. The fourth-order valence-corrected chi connectivity index (χ4v) is 2.85. The second-order valence-electron chi connectivity index (χ2n) is 4.78. The van der Waals surface area contributed by atoms with E-state index in [2.05, 4.69) is 48.1 Å². The molecule has 5 heteroatoms. The van der Waals surface area contributed by atoms with Crippen molar-refractivity contribution in [3.8, 4) is 0 Å². The topological polar surface area (TPSA) is 46.9 Å². The van der Waals surface area contributed by atoms with Gasteiger partial charge in [-0.15, -0.1) is 0 Å². The van der Waals surface area contributed by atoms with Crippen molar-refractivity contribution in [2.45, 2.75) is 52.2 Å². The van der Waals surface area contributed by atoms with Crippen molar-refractivity contribution < 1.29 is 4.21 Å². The van der Waals surface area contributed by atoms with Crippen LogP contribution in [0.5, 0.6) is 0 Å². The van der Waals surface area contributed by atoms with E-state index in [1.54, 1.807) is 6.26 Å². The fourth-order valence-electron chi connectivity index (χ4n) is 2.03. The Kier molecular flexibility index (Phi) is 6.57. The fraction of sp³-hybridized carbons (Fsp3) is 0.769. The molecule has 1 aromatic heterocycles. The van der Waals surface area contributed by atoms with Gasteiger partial charge in [0.1, 0.15) is 0 Å². The molecule has 0 aromatic carbocycles. The van der Waals surface area contributed by atoms with E-state index < -0.39 is 10.8 Å². The van der Waals surface area contributed by atoms with Gasteiger partial charge in [0.15, 0.2) is 0 Å². The van der Waals surface area contributed by atoms with Crippen molar-refractivity contribution in [1.82, 2.24) is 15.1 Å². The maximum atomic E-state index is 11.1. The molecular formula is C13H25N3OS. The van der Waals surface area contributed by atoms with Crippen molar-refractivity contribution in [2.75, 3.05) is 12.0 Å². The Bertz CT molecular complexity index is 374. The molecule has 2 unspecified atom stereocenters. The number of nitrogens with one attached hydrogen (secondary N) is 1. The molecule has 0 saturated carbocycles. The van der Waals surface area contributed by atoms with E-state index in [9.17, 15) is 4.21 Å². The van der Waals surface area contributed by atoms with Crippen molar-refractivity contribution in [1.29, 1.82) is 0 Å². The predicted molar refractivity (Wildman–Crippen MR) is 77.1 cm³/mol. The Labute approximate surface area is 113 Å². The van der Waals surface area contributed by atoms with Crippen LogP contribution in [0, 0.1) is 0 Å². The second-order valence-corrected chi connectivity index (χ2v) is 6.26. The zero-order chi connectivity index (χ0) is 13.5. The minimum absolute atomic E-state index is 0.258. The van der Waals surface area contributed by atoms with Gasteiger partial charge in [0.2, 0.25) is 0 Å². The lowest BCUT2D eigenvalue weighted by Crippen LogP contribution is -2.30. The van der Waals surface area contributed by atoms with Crippen molar-refractivity contribution >= 4 is 10.8 Å². The summed E-state index contributed by atoms with van der Waals surface area (Å²) in [7, 11) is -0.747. The van der Waals surface area contributed by atoms with Gasteiger partial charge in [-0.1, -0.05) is 13.8 Å². The summed E-state index contributed by atoms with van der Waals surface area (Å²) in [5.41, 5.74) is 1.05. The number of rotatable bonds is 8. The van der Waals surface area contributed by atoms with E-state index in [0.29, 0.717) is 11.8 Å². The number of hydrogen-bond donors (Lipinski definition) is 1. The highest BCUT2D eigenvalue weighted by Crippen LogP contribution is 2.14. The lowest BCUT2D eigenvalue weighted by molar-refractivity contribution is 0.423. The zero-order valence-electron chi connectivity index (χ0n) is 11.8. The first kappa shape index (κ1) is 15.4. The first-order valence-corrected chi connectivity index (χ1v) is 8.36. The lowest BCUT2D eigenvalue weighted by atomic mass is 10.2. The average Bonchev–Trinajstić information content (AvgIpc) is 2.76. The third kappa shape index (κ3) is 4.90. The summed E-state index contributed by atoms with van der Waals surface area (Å²) >= 11 is 0. The van der Waals surface area contributed by atoms with Crippen LogP contribution in [0.15, 0.2) is 12.3 Å². The van der Waals surface area contributed by atoms with Crippen LogP contribution in [0.3, 0.4) is 0 Å². The molecule has 0 aliphatic rings. The highest BCUT2D eigenvalue weighted by molar-refractivity contribution is 7.84. The first-order chi connectivity index (χ1) is 8.56. The third-order valence-corrected chi connectivity index (χ3v) is 4.07. The van der Waals surface area contributed by atoms with Gasteiger partial charge in [-0.25, -0.2) is 0 Å². The van der Waals surface area contributed by atoms with Crippen LogP contribution in [-0.4, -0.2) is 32.0 Å². The molecular weight excluding hydrogens is 246 g/mol. The summed E-state index contributed by atoms with van der Waals surface area (Å²) in [6.07, 6.45) is 6.00. The smallest absolute Gasteiger partial charge is 0.0762 e. The van der Waals surface area contributed by atoms with Gasteiger partial charge in [0, 0.05) is 41.6 Å². The Hall–Kier alpha value is -0.680. The van der Waals surface area contributed by atoms with E-state index in [1.807, 2.05) is 0 Å². The molecule has 1 rings (SSSR count). The van der Waals surface area contributed by atoms with Crippen molar-refractivity contribution in [3.05, 3.63) is 18.0 Å². The van der Waals surface area contributed by atoms with E-state index in [4.69, 9.17) is 0 Å². The quantitative estimate of drug-likeness (QED) is 0.787. The number of hydrogen-bond acceptors (Lipinski definition) is 3. The van der Waals surface area contributed by atoms with E-state index in [0.717, 1.165) is 25.1 Å². The predicted octanol–water partition coefficient (Wildman–Crippen LogP) is 2.10. The molecule has 0 saturated heterocycles. The lowest BCUT2D eigenvalue weighted by Gasteiger charge is -2.13. The molecule has 1 heterocycles. The summed E-state index contributed by atoms with van der Waals surface area (Å²) in [5, 5.41) is 7.93. The van der Waals surface area contributed by atoms with Gasteiger partial charge in [-0.2, -0.15) is 5.10 Å². The third-order valence-electron chi connectivity index (χ3n) is 3.10. The maximum absolute atomic E-state index is 11.1. The molecule has 1 N–H and O–H groups in total. The van der Waals surface area contributed by atoms with Gasteiger partial charge in [0.25, 0.3) is 0 Å². The van der Waals surface area contributed by atoms with Gasteiger partial charge < -0.3 is 5.32 Å². The Morgan fingerprint density at radius 2 is 2.11 bits per heavy atom. The molecule has 0 aliphatic carbocycles. The maximum Gasteiger partial charge on any atom is 0.0762 e. The van der Waals surface area contributed by atoms with Gasteiger partial charge in [-0.05, 0) is 25.8 Å². The van der Waals surface area contributed by atoms with Crippen molar-refractivity contribution in [2.24, 2.45) is 0 Å². The molecule has 1 aromatic rings. The molecule has 0 amide bonds. The van der Waals surface area contributed by atoms with Crippen molar-refractivity contribution in [3.63, 3.8) is 0 Å². The minimum Gasteiger partial charge on any atom is -0.308 e. The summed E-state index contributed by atoms with van der Waals surface area (Å²) in [6.45, 7) is 7.17. The molecule has 4 nitrogen and oxygen atoms in total. The summed E-state index contributed by atoms with van der Waals surface area (Å²) in [6, 6.07) is 2.81. The largest absolute Gasteiger partial charge is 0.308 e. The van der Waals surface area contributed by atoms with E-state index >= 15 is 0 Å². The van der Waals surface area contributed by atoms with Crippen LogP contribution in [0.2, 0.25) is 0 Å². The number of aromatic nitrogens is 2. The number of nitrogens with zero attached hydrogens (tertiary/aromatic N) is 2. The SMILES string of the molecule is CCC(CC)n1ccc(CNC(C)CS(C)=O)n1. The van der Waals surface area contributed by atoms with Crippen LogP contribution in [0.1, 0.15) is 45.3 Å². The molecule has 0 bridgehead atoms.